The average Bonchev–Trinajstić information content (AvgIpc) is 2.91. The lowest BCUT2D eigenvalue weighted by Crippen LogP contribution is -2.27. The fourth-order valence-corrected chi connectivity index (χ4v) is 1.94. The number of carbonyl (C=O) groups is 2. The second kappa shape index (κ2) is 7.70. The third kappa shape index (κ3) is 6.55. The van der Waals surface area contributed by atoms with Crippen LogP contribution in [0.3, 0.4) is 0 Å². The van der Waals surface area contributed by atoms with Gasteiger partial charge < -0.3 is 14.5 Å². The summed E-state index contributed by atoms with van der Waals surface area (Å²) < 4.78 is 10.5. The van der Waals surface area contributed by atoms with Gasteiger partial charge in [0, 0.05) is 17.5 Å². The molecule has 0 bridgehead atoms. The minimum absolute atomic E-state index is 0.276. The largest absolute Gasteiger partial charge is 0.462 e. The average molecular weight is 342 g/mol. The van der Waals surface area contributed by atoms with Crippen LogP contribution in [0.5, 0.6) is 0 Å². The Morgan fingerprint density at radius 3 is 2.12 bits per heavy atom. The number of rotatable bonds is 4. The number of aryl methyl sites for hydroxylation is 1. The molecule has 2 aromatic rings. The number of anilines is 2. The molecule has 25 heavy (non-hydrogen) atoms. The van der Waals surface area contributed by atoms with E-state index in [0.29, 0.717) is 17.1 Å². The molecule has 0 unspecified atom stereocenters. The van der Waals surface area contributed by atoms with Crippen molar-refractivity contribution in [3.63, 3.8) is 0 Å². The molecule has 2 rings (SSSR count). The summed E-state index contributed by atoms with van der Waals surface area (Å²) in [4.78, 5) is 23.6. The van der Waals surface area contributed by atoms with Gasteiger partial charge in [-0.1, -0.05) is 0 Å². The zero-order valence-corrected chi connectivity index (χ0v) is 14.8. The van der Waals surface area contributed by atoms with Crippen LogP contribution in [0.15, 0.2) is 46.9 Å². The fraction of sp³-hybridized carbons (Fsp3) is 0.263. The van der Waals surface area contributed by atoms with Gasteiger partial charge in [0.25, 0.3) is 0 Å². The van der Waals surface area contributed by atoms with Crippen molar-refractivity contribution in [2.75, 3.05) is 10.6 Å². The van der Waals surface area contributed by atoms with Gasteiger partial charge in [-0.15, -0.1) is 0 Å². The molecule has 0 aliphatic rings. The molecule has 6 nitrogen and oxygen atoms in total. The van der Waals surface area contributed by atoms with E-state index in [9.17, 15) is 9.59 Å². The van der Waals surface area contributed by atoms with Crippen LogP contribution in [0, 0.1) is 6.92 Å². The summed E-state index contributed by atoms with van der Waals surface area (Å²) in [6.45, 7) is 7.22. The number of ether oxygens (including phenoxy) is 1. The fourth-order valence-electron chi connectivity index (χ4n) is 1.94. The monoisotopic (exact) mass is 342 g/mol. The van der Waals surface area contributed by atoms with Gasteiger partial charge in [0.05, 0.1) is 0 Å². The number of benzene rings is 1. The van der Waals surface area contributed by atoms with Crippen LogP contribution in [-0.4, -0.2) is 17.6 Å². The summed E-state index contributed by atoms with van der Waals surface area (Å²) in [7, 11) is 0. The third-order valence-electron chi connectivity index (χ3n) is 2.96. The zero-order valence-electron chi connectivity index (χ0n) is 14.8. The Kier molecular flexibility index (Phi) is 5.64. The Morgan fingerprint density at radius 1 is 1.00 bits per heavy atom. The van der Waals surface area contributed by atoms with Crippen LogP contribution < -0.4 is 10.6 Å². The van der Waals surface area contributed by atoms with E-state index in [1.54, 1.807) is 57.2 Å². The topological polar surface area (TPSA) is 80.6 Å². The standard InChI is InChI=1S/C19H22N2O4/c1-13-5-10-16(24-13)11-12-17(22)20-14-6-8-15(9-7-14)21-18(23)25-19(2,3)4/h5-12H,1-4H3,(H,20,22)(H,21,23)/b12-11+. The van der Waals surface area contributed by atoms with Crippen LogP contribution >= 0.6 is 0 Å². The molecule has 0 fully saturated rings. The predicted molar refractivity (Wildman–Crippen MR) is 97.4 cm³/mol. The summed E-state index contributed by atoms with van der Waals surface area (Å²) in [6, 6.07) is 10.4. The highest BCUT2D eigenvalue weighted by molar-refractivity contribution is 6.01. The number of hydrogen-bond donors (Lipinski definition) is 2. The highest BCUT2D eigenvalue weighted by Crippen LogP contribution is 2.16. The summed E-state index contributed by atoms with van der Waals surface area (Å²) in [5.41, 5.74) is 0.630. The maximum absolute atomic E-state index is 11.9. The maximum Gasteiger partial charge on any atom is 0.412 e. The van der Waals surface area contributed by atoms with Crippen LogP contribution in [0.25, 0.3) is 6.08 Å². The van der Waals surface area contributed by atoms with Crippen molar-refractivity contribution in [3.05, 3.63) is 54.0 Å². The van der Waals surface area contributed by atoms with Crippen molar-refractivity contribution < 1.29 is 18.7 Å². The van der Waals surface area contributed by atoms with Gasteiger partial charge in [-0.3, -0.25) is 10.1 Å². The second-order valence-electron chi connectivity index (χ2n) is 6.48. The Balaban J connectivity index is 1.88. The Bertz CT molecular complexity index is 767. The molecule has 2 N–H and O–H groups in total. The molecule has 0 aliphatic heterocycles. The normalized spacial score (nSPS) is 11.4. The summed E-state index contributed by atoms with van der Waals surface area (Å²) >= 11 is 0. The molecule has 0 saturated heterocycles. The van der Waals surface area contributed by atoms with Gasteiger partial charge in [0.15, 0.2) is 0 Å². The number of hydrogen-bond acceptors (Lipinski definition) is 4. The van der Waals surface area contributed by atoms with Crippen LogP contribution in [0.2, 0.25) is 0 Å². The second-order valence-corrected chi connectivity index (χ2v) is 6.48. The van der Waals surface area contributed by atoms with E-state index >= 15 is 0 Å². The highest BCUT2D eigenvalue weighted by atomic mass is 16.6. The Morgan fingerprint density at radius 2 is 1.60 bits per heavy atom. The van der Waals surface area contributed by atoms with Gasteiger partial charge in [0.1, 0.15) is 17.1 Å². The highest BCUT2D eigenvalue weighted by Gasteiger charge is 2.16. The maximum atomic E-state index is 11.9. The van der Waals surface area contributed by atoms with E-state index in [-0.39, 0.29) is 5.91 Å². The first-order valence-corrected chi connectivity index (χ1v) is 7.87. The van der Waals surface area contributed by atoms with Gasteiger partial charge in [-0.2, -0.15) is 0 Å². The molecule has 0 radical (unpaired) electrons. The number of carbonyl (C=O) groups excluding carboxylic acids is 2. The predicted octanol–water partition coefficient (Wildman–Crippen LogP) is 4.59. The van der Waals surface area contributed by atoms with Crippen molar-refractivity contribution in [2.24, 2.45) is 0 Å². The van der Waals surface area contributed by atoms with Crippen molar-refractivity contribution in [3.8, 4) is 0 Å². The molecule has 1 aromatic carbocycles. The lowest BCUT2D eigenvalue weighted by Gasteiger charge is -2.19. The molecule has 2 amide bonds. The molecule has 6 heteroatoms. The molecular weight excluding hydrogens is 320 g/mol. The van der Waals surface area contributed by atoms with Gasteiger partial charge in [0.2, 0.25) is 5.91 Å². The van der Waals surface area contributed by atoms with Crippen molar-refractivity contribution >= 4 is 29.5 Å². The van der Waals surface area contributed by atoms with Gasteiger partial charge >= 0.3 is 6.09 Å². The van der Waals surface area contributed by atoms with E-state index in [1.807, 2.05) is 13.0 Å². The number of nitrogens with one attached hydrogen (secondary N) is 2. The lowest BCUT2D eigenvalue weighted by molar-refractivity contribution is -0.111. The smallest absolute Gasteiger partial charge is 0.412 e. The lowest BCUT2D eigenvalue weighted by atomic mass is 10.2. The summed E-state index contributed by atoms with van der Waals surface area (Å²) in [6.07, 6.45) is 2.47. The summed E-state index contributed by atoms with van der Waals surface area (Å²) in [5, 5.41) is 5.35. The summed E-state index contributed by atoms with van der Waals surface area (Å²) in [5.74, 6) is 1.12. The molecule has 1 heterocycles. The van der Waals surface area contributed by atoms with Gasteiger partial charge in [-0.05, 0) is 70.2 Å². The molecule has 1 aromatic heterocycles. The van der Waals surface area contributed by atoms with Crippen molar-refractivity contribution in [1.29, 1.82) is 0 Å². The van der Waals surface area contributed by atoms with Gasteiger partial charge in [-0.25, -0.2) is 4.79 Å². The molecule has 0 saturated carbocycles. The quantitative estimate of drug-likeness (QED) is 0.797. The minimum Gasteiger partial charge on any atom is -0.462 e. The van der Waals surface area contributed by atoms with Crippen molar-refractivity contribution in [2.45, 2.75) is 33.3 Å². The van der Waals surface area contributed by atoms with E-state index in [2.05, 4.69) is 10.6 Å². The van der Waals surface area contributed by atoms with Crippen LogP contribution in [0.1, 0.15) is 32.3 Å². The molecule has 132 valence electrons. The van der Waals surface area contributed by atoms with E-state index in [0.717, 1.165) is 5.76 Å². The zero-order chi connectivity index (χ0) is 18.4. The molecule has 0 aliphatic carbocycles. The number of furan rings is 1. The first-order valence-electron chi connectivity index (χ1n) is 7.87. The SMILES string of the molecule is Cc1ccc(/C=C/C(=O)Nc2ccc(NC(=O)OC(C)(C)C)cc2)o1. The first kappa shape index (κ1) is 18.3. The van der Waals surface area contributed by atoms with E-state index < -0.39 is 11.7 Å². The van der Waals surface area contributed by atoms with Crippen LogP contribution in [0.4, 0.5) is 16.2 Å². The Labute approximate surface area is 146 Å². The molecule has 0 atom stereocenters. The van der Waals surface area contributed by atoms with E-state index in [4.69, 9.17) is 9.15 Å². The minimum atomic E-state index is -0.559. The van der Waals surface area contributed by atoms with Crippen molar-refractivity contribution in [1.82, 2.24) is 0 Å². The molecular formula is C19H22N2O4. The number of amides is 2. The van der Waals surface area contributed by atoms with E-state index in [1.165, 1.54) is 6.08 Å². The first-order chi connectivity index (χ1) is 11.7. The Hall–Kier alpha value is -3.02. The third-order valence-corrected chi connectivity index (χ3v) is 2.96. The van der Waals surface area contributed by atoms with Crippen LogP contribution in [-0.2, 0) is 9.53 Å². The molecule has 0 spiro atoms.